The van der Waals surface area contributed by atoms with Gasteiger partial charge in [-0.05, 0) is 24.5 Å². The predicted molar refractivity (Wildman–Crippen MR) is 101 cm³/mol. The lowest BCUT2D eigenvalue weighted by Gasteiger charge is -2.20. The molecule has 0 atom stereocenters. The van der Waals surface area contributed by atoms with Crippen LogP contribution in [0, 0.1) is 0 Å². The number of benzene rings is 1. The summed E-state index contributed by atoms with van der Waals surface area (Å²) in [7, 11) is 3.07. The summed E-state index contributed by atoms with van der Waals surface area (Å²) in [5.74, 6) is 0.463. The maximum absolute atomic E-state index is 13.1. The average Bonchev–Trinajstić information content (AvgIpc) is 3.29. The molecule has 0 amide bonds. The zero-order chi connectivity index (χ0) is 19.7. The fourth-order valence-electron chi connectivity index (χ4n) is 3.14. The van der Waals surface area contributed by atoms with Crippen LogP contribution in [0.25, 0.3) is 0 Å². The van der Waals surface area contributed by atoms with Gasteiger partial charge >= 0.3 is 6.18 Å². The number of nitrogens with zero attached hydrogens (tertiary/aromatic N) is 3. The van der Waals surface area contributed by atoms with Crippen molar-refractivity contribution in [3.63, 3.8) is 0 Å². The van der Waals surface area contributed by atoms with Gasteiger partial charge in [-0.15, -0.1) is 0 Å². The number of aryl methyl sites for hydroxylation is 1. The van der Waals surface area contributed by atoms with E-state index in [0.29, 0.717) is 12.5 Å². The number of aliphatic imine (C=N–C) groups is 1. The molecule has 2 aromatic rings. The molecule has 0 saturated heterocycles. The zero-order valence-electron chi connectivity index (χ0n) is 15.1. The molecule has 0 radical (unpaired) electrons. The second-order valence-corrected chi connectivity index (χ2v) is 7.57. The first kappa shape index (κ1) is 19.7. The Hall–Kier alpha value is -2.03. The Kier molecular flexibility index (Phi) is 5.50. The second kappa shape index (κ2) is 7.53. The van der Waals surface area contributed by atoms with Crippen LogP contribution in [-0.2, 0) is 25.2 Å². The van der Waals surface area contributed by atoms with Crippen molar-refractivity contribution in [1.29, 1.82) is 0 Å². The summed E-state index contributed by atoms with van der Waals surface area (Å²) < 4.78 is 41.4. The lowest BCUT2D eigenvalue weighted by molar-refractivity contribution is -0.142. The van der Waals surface area contributed by atoms with Crippen LogP contribution in [0.4, 0.5) is 13.2 Å². The van der Waals surface area contributed by atoms with Crippen LogP contribution in [0.5, 0.6) is 0 Å². The van der Waals surface area contributed by atoms with Crippen molar-refractivity contribution in [2.24, 2.45) is 12.0 Å². The summed E-state index contributed by atoms with van der Waals surface area (Å²) >= 11 is 3.60. The standard InChI is InChI=1S/C18H21BrF3N5/c1-23-16(24-9-12-10-27(2)26-15(12)18(20,21)22)25-11-17(7-8-17)13-5-3-4-6-14(13)19/h3-6,10H,7-9,11H2,1-2H3,(H2,23,24,25). The minimum absolute atomic E-state index is 0.00954. The van der Waals surface area contributed by atoms with Crippen LogP contribution in [-0.4, -0.2) is 29.3 Å². The molecular formula is C18H21BrF3N5. The number of guanidine groups is 1. The molecule has 1 aromatic carbocycles. The lowest BCUT2D eigenvalue weighted by atomic mass is 9.96. The quantitative estimate of drug-likeness (QED) is 0.548. The third kappa shape index (κ3) is 4.45. The molecule has 3 rings (SSSR count). The van der Waals surface area contributed by atoms with Gasteiger partial charge in [0.25, 0.3) is 0 Å². The van der Waals surface area contributed by atoms with Crippen LogP contribution in [0.3, 0.4) is 0 Å². The number of nitrogens with one attached hydrogen (secondary N) is 2. The maximum Gasteiger partial charge on any atom is 0.435 e. The molecule has 1 heterocycles. The summed E-state index contributed by atoms with van der Waals surface area (Å²) in [5.41, 5.74) is 0.475. The van der Waals surface area contributed by atoms with Gasteiger partial charge in [0.2, 0.25) is 0 Å². The minimum atomic E-state index is -4.48. The molecule has 146 valence electrons. The van der Waals surface area contributed by atoms with Gasteiger partial charge in [-0.25, -0.2) is 0 Å². The third-order valence-electron chi connectivity index (χ3n) is 4.74. The van der Waals surface area contributed by atoms with E-state index in [2.05, 4.69) is 42.7 Å². The van der Waals surface area contributed by atoms with E-state index in [4.69, 9.17) is 0 Å². The topological polar surface area (TPSA) is 54.2 Å². The molecule has 0 bridgehead atoms. The van der Waals surface area contributed by atoms with Crippen LogP contribution < -0.4 is 10.6 Å². The fourth-order valence-corrected chi connectivity index (χ4v) is 3.85. The largest absolute Gasteiger partial charge is 0.435 e. The SMILES string of the molecule is CN=C(NCc1cn(C)nc1C(F)(F)F)NCC1(c2ccccc2Br)CC1. The molecular weight excluding hydrogens is 423 g/mol. The van der Waals surface area contributed by atoms with E-state index in [9.17, 15) is 13.2 Å². The number of halogens is 4. The van der Waals surface area contributed by atoms with Gasteiger partial charge in [0.1, 0.15) is 0 Å². The first-order valence-electron chi connectivity index (χ1n) is 8.54. The summed E-state index contributed by atoms with van der Waals surface area (Å²) in [6.45, 7) is 0.652. The van der Waals surface area contributed by atoms with E-state index in [1.54, 1.807) is 7.05 Å². The van der Waals surface area contributed by atoms with Gasteiger partial charge in [-0.2, -0.15) is 18.3 Å². The Balaban J connectivity index is 1.62. The highest BCUT2D eigenvalue weighted by Gasteiger charge is 2.45. The molecule has 9 heteroatoms. The third-order valence-corrected chi connectivity index (χ3v) is 5.43. The van der Waals surface area contributed by atoms with Gasteiger partial charge in [0.15, 0.2) is 11.7 Å². The molecule has 1 saturated carbocycles. The Labute approximate surface area is 164 Å². The van der Waals surface area contributed by atoms with E-state index < -0.39 is 11.9 Å². The molecule has 0 spiro atoms. The summed E-state index contributed by atoms with van der Waals surface area (Å²) in [6.07, 6.45) is -1.000. The van der Waals surface area contributed by atoms with Crippen LogP contribution >= 0.6 is 15.9 Å². The van der Waals surface area contributed by atoms with Crippen molar-refractivity contribution in [2.45, 2.75) is 31.0 Å². The molecule has 0 aliphatic heterocycles. The number of alkyl halides is 3. The minimum Gasteiger partial charge on any atom is -0.356 e. The molecule has 1 aromatic heterocycles. The Morgan fingerprint density at radius 3 is 2.59 bits per heavy atom. The van der Waals surface area contributed by atoms with Crippen LogP contribution in [0.15, 0.2) is 39.9 Å². The van der Waals surface area contributed by atoms with Gasteiger partial charge in [0, 0.05) is 48.8 Å². The monoisotopic (exact) mass is 443 g/mol. The number of hydrogen-bond donors (Lipinski definition) is 2. The predicted octanol–water partition coefficient (Wildman–Crippen LogP) is 3.60. The summed E-state index contributed by atoms with van der Waals surface area (Å²) in [4.78, 5) is 4.12. The lowest BCUT2D eigenvalue weighted by Crippen LogP contribution is -2.41. The highest BCUT2D eigenvalue weighted by molar-refractivity contribution is 9.10. The van der Waals surface area contributed by atoms with Gasteiger partial charge in [-0.1, -0.05) is 34.1 Å². The second-order valence-electron chi connectivity index (χ2n) is 6.71. The molecule has 1 fully saturated rings. The van der Waals surface area contributed by atoms with Crippen molar-refractivity contribution < 1.29 is 13.2 Å². The molecule has 27 heavy (non-hydrogen) atoms. The van der Waals surface area contributed by atoms with E-state index in [-0.39, 0.29) is 17.5 Å². The molecule has 1 aliphatic rings. The smallest absolute Gasteiger partial charge is 0.356 e. The van der Waals surface area contributed by atoms with Gasteiger partial charge in [-0.3, -0.25) is 9.67 Å². The average molecular weight is 444 g/mol. The number of aromatic nitrogens is 2. The van der Waals surface area contributed by atoms with Crippen LogP contribution in [0.2, 0.25) is 0 Å². The van der Waals surface area contributed by atoms with Crippen molar-refractivity contribution in [3.05, 3.63) is 51.8 Å². The van der Waals surface area contributed by atoms with Gasteiger partial charge in [0.05, 0.1) is 0 Å². The first-order valence-corrected chi connectivity index (χ1v) is 9.34. The number of rotatable bonds is 5. The number of hydrogen-bond acceptors (Lipinski definition) is 2. The van der Waals surface area contributed by atoms with Crippen molar-refractivity contribution >= 4 is 21.9 Å². The maximum atomic E-state index is 13.1. The van der Waals surface area contributed by atoms with Crippen molar-refractivity contribution in [3.8, 4) is 0 Å². The Bertz CT molecular complexity index is 840. The highest BCUT2D eigenvalue weighted by Crippen LogP contribution is 2.49. The van der Waals surface area contributed by atoms with E-state index in [1.807, 2.05) is 18.2 Å². The molecule has 5 nitrogen and oxygen atoms in total. The Morgan fingerprint density at radius 2 is 2.00 bits per heavy atom. The van der Waals surface area contributed by atoms with E-state index >= 15 is 0 Å². The molecule has 1 aliphatic carbocycles. The normalized spacial score (nSPS) is 16.3. The summed E-state index contributed by atoms with van der Waals surface area (Å²) in [6, 6.07) is 8.10. The van der Waals surface area contributed by atoms with Crippen LogP contribution in [0.1, 0.15) is 29.7 Å². The first-order chi connectivity index (χ1) is 12.7. The summed E-state index contributed by atoms with van der Waals surface area (Å²) in [5, 5.41) is 9.71. The fraction of sp³-hybridized carbons (Fsp3) is 0.444. The van der Waals surface area contributed by atoms with Gasteiger partial charge < -0.3 is 10.6 Å². The van der Waals surface area contributed by atoms with E-state index in [0.717, 1.165) is 17.3 Å². The van der Waals surface area contributed by atoms with Crippen molar-refractivity contribution in [1.82, 2.24) is 20.4 Å². The van der Waals surface area contributed by atoms with Crippen molar-refractivity contribution in [2.75, 3.05) is 13.6 Å². The highest BCUT2D eigenvalue weighted by atomic mass is 79.9. The zero-order valence-corrected chi connectivity index (χ0v) is 16.7. The molecule has 2 N–H and O–H groups in total. The Morgan fingerprint density at radius 1 is 1.30 bits per heavy atom. The van der Waals surface area contributed by atoms with E-state index in [1.165, 1.54) is 23.5 Å². The molecule has 0 unspecified atom stereocenters.